The molecule has 1 saturated carbocycles. The van der Waals surface area contributed by atoms with Crippen LogP contribution in [0.25, 0.3) is 0 Å². The average molecular weight is 364 g/mol. The molecule has 6 nitrogen and oxygen atoms in total. The van der Waals surface area contributed by atoms with Gasteiger partial charge in [-0.2, -0.15) is 4.31 Å². The SMILES string of the molecule is CS(=O)(=O)N1CC2(C1)[C@H](c1ccccc1)[C@@H](CO)N2C(=O)C1CCC1. The summed E-state index contributed by atoms with van der Waals surface area (Å²) in [7, 11) is -3.27. The quantitative estimate of drug-likeness (QED) is 0.857. The molecule has 2 heterocycles. The van der Waals surface area contributed by atoms with Gasteiger partial charge in [-0.25, -0.2) is 8.42 Å². The fourth-order valence-electron chi connectivity index (χ4n) is 4.67. The van der Waals surface area contributed by atoms with Crippen LogP contribution < -0.4 is 0 Å². The Morgan fingerprint density at radius 3 is 2.36 bits per heavy atom. The third kappa shape index (κ3) is 2.44. The monoisotopic (exact) mass is 364 g/mol. The summed E-state index contributed by atoms with van der Waals surface area (Å²) >= 11 is 0. The smallest absolute Gasteiger partial charge is 0.226 e. The second kappa shape index (κ2) is 5.79. The highest BCUT2D eigenvalue weighted by Crippen LogP contribution is 2.55. The van der Waals surface area contributed by atoms with E-state index in [4.69, 9.17) is 0 Å². The minimum Gasteiger partial charge on any atom is -0.394 e. The van der Waals surface area contributed by atoms with Crippen molar-refractivity contribution in [3.8, 4) is 0 Å². The minimum atomic E-state index is -3.27. The molecule has 0 bridgehead atoms. The van der Waals surface area contributed by atoms with Crippen LogP contribution in [-0.4, -0.2) is 66.2 Å². The lowest BCUT2D eigenvalue weighted by molar-refractivity contribution is -0.195. The largest absolute Gasteiger partial charge is 0.394 e. The van der Waals surface area contributed by atoms with Gasteiger partial charge in [-0.15, -0.1) is 0 Å². The van der Waals surface area contributed by atoms with Gasteiger partial charge in [0.25, 0.3) is 0 Å². The van der Waals surface area contributed by atoms with Gasteiger partial charge in [0, 0.05) is 24.9 Å². The van der Waals surface area contributed by atoms with Gasteiger partial charge in [-0.1, -0.05) is 36.8 Å². The maximum absolute atomic E-state index is 13.0. The molecular weight excluding hydrogens is 340 g/mol. The van der Waals surface area contributed by atoms with Gasteiger partial charge in [0.05, 0.1) is 24.4 Å². The normalized spacial score (nSPS) is 29.0. The Morgan fingerprint density at radius 1 is 1.24 bits per heavy atom. The van der Waals surface area contributed by atoms with Crippen LogP contribution >= 0.6 is 0 Å². The molecule has 2 saturated heterocycles. The second-order valence-electron chi connectivity index (χ2n) is 7.61. The highest BCUT2D eigenvalue weighted by atomic mass is 32.2. The minimum absolute atomic E-state index is 0.0271. The van der Waals surface area contributed by atoms with Crippen LogP contribution in [0.2, 0.25) is 0 Å². The van der Waals surface area contributed by atoms with Crippen molar-refractivity contribution in [3.63, 3.8) is 0 Å². The van der Waals surface area contributed by atoms with Crippen molar-refractivity contribution in [1.29, 1.82) is 0 Å². The van der Waals surface area contributed by atoms with Crippen LogP contribution in [0.3, 0.4) is 0 Å². The number of nitrogens with zero attached hydrogens (tertiary/aromatic N) is 2. The lowest BCUT2D eigenvalue weighted by Gasteiger charge is -2.70. The molecule has 25 heavy (non-hydrogen) atoms. The number of benzene rings is 1. The third-order valence-corrected chi connectivity index (χ3v) is 7.38. The van der Waals surface area contributed by atoms with Crippen molar-refractivity contribution in [2.75, 3.05) is 26.0 Å². The predicted molar refractivity (Wildman–Crippen MR) is 93.4 cm³/mol. The topological polar surface area (TPSA) is 77.9 Å². The van der Waals surface area contributed by atoms with Crippen LogP contribution in [0, 0.1) is 5.92 Å². The van der Waals surface area contributed by atoms with E-state index in [0.717, 1.165) is 24.8 Å². The molecule has 0 unspecified atom stereocenters. The Morgan fingerprint density at radius 2 is 1.88 bits per heavy atom. The summed E-state index contributed by atoms with van der Waals surface area (Å²) in [6.45, 7) is 0.541. The molecule has 2 aliphatic heterocycles. The van der Waals surface area contributed by atoms with E-state index in [9.17, 15) is 18.3 Å². The number of rotatable bonds is 4. The standard InChI is InChI=1S/C18H24N2O4S/c1-25(23,24)19-11-18(12-19)16(13-6-3-2-4-7-13)15(10-21)20(18)17(22)14-8-5-9-14/h2-4,6-7,14-16,21H,5,8-12H2,1H3/t15-,16-/m1/s1. The highest BCUT2D eigenvalue weighted by Gasteiger charge is 2.69. The van der Waals surface area contributed by atoms with Crippen molar-refractivity contribution in [2.45, 2.75) is 36.8 Å². The summed E-state index contributed by atoms with van der Waals surface area (Å²) in [4.78, 5) is 14.8. The molecule has 1 spiro atoms. The van der Waals surface area contributed by atoms with E-state index < -0.39 is 15.6 Å². The highest BCUT2D eigenvalue weighted by molar-refractivity contribution is 7.88. The lowest BCUT2D eigenvalue weighted by Crippen LogP contribution is -2.86. The molecule has 136 valence electrons. The number of aliphatic hydroxyl groups is 1. The van der Waals surface area contributed by atoms with Gasteiger partial charge in [0.1, 0.15) is 0 Å². The van der Waals surface area contributed by atoms with Crippen molar-refractivity contribution < 1.29 is 18.3 Å². The number of carbonyl (C=O) groups is 1. The molecule has 1 aromatic carbocycles. The van der Waals surface area contributed by atoms with Gasteiger partial charge < -0.3 is 10.0 Å². The fourth-order valence-corrected chi connectivity index (χ4v) is 5.58. The van der Waals surface area contributed by atoms with Gasteiger partial charge in [-0.05, 0) is 18.4 Å². The summed E-state index contributed by atoms with van der Waals surface area (Å²) < 4.78 is 25.2. The molecule has 0 radical (unpaired) electrons. The molecule has 3 aliphatic rings. The molecule has 4 rings (SSSR count). The first-order valence-corrected chi connectivity index (χ1v) is 10.7. The van der Waals surface area contributed by atoms with Gasteiger partial charge in [0.2, 0.25) is 15.9 Å². The molecule has 7 heteroatoms. The van der Waals surface area contributed by atoms with E-state index in [1.165, 1.54) is 10.6 Å². The van der Waals surface area contributed by atoms with E-state index in [2.05, 4.69) is 0 Å². The van der Waals surface area contributed by atoms with Crippen LogP contribution in [-0.2, 0) is 14.8 Å². The molecule has 2 atom stereocenters. The first-order chi connectivity index (χ1) is 11.9. The Balaban J connectivity index is 1.68. The molecule has 3 fully saturated rings. The van der Waals surface area contributed by atoms with E-state index in [1.54, 1.807) is 0 Å². The Labute approximate surface area is 148 Å². The summed E-state index contributed by atoms with van der Waals surface area (Å²) in [5.74, 6) is 0.0984. The number of aliphatic hydroxyl groups excluding tert-OH is 1. The number of hydrogen-bond donors (Lipinski definition) is 1. The second-order valence-corrected chi connectivity index (χ2v) is 9.59. The molecular formula is C18H24N2O4S. The average Bonchev–Trinajstić information content (AvgIpc) is 2.43. The van der Waals surface area contributed by atoms with Crippen LogP contribution in [0.1, 0.15) is 30.7 Å². The first kappa shape index (κ1) is 17.0. The van der Waals surface area contributed by atoms with Gasteiger partial charge in [0.15, 0.2) is 0 Å². The maximum Gasteiger partial charge on any atom is 0.226 e. The molecule has 1 N–H and O–H groups in total. The summed E-state index contributed by atoms with van der Waals surface area (Å²) in [5.41, 5.74) is 0.553. The Bertz CT molecular complexity index is 770. The number of carbonyl (C=O) groups excluding carboxylic acids is 1. The zero-order chi connectivity index (χ0) is 17.8. The van der Waals surface area contributed by atoms with E-state index in [0.29, 0.717) is 13.1 Å². The van der Waals surface area contributed by atoms with E-state index in [-0.39, 0.29) is 30.4 Å². The Hall–Kier alpha value is -1.44. The van der Waals surface area contributed by atoms with Crippen LogP contribution in [0.4, 0.5) is 0 Å². The van der Waals surface area contributed by atoms with E-state index in [1.807, 2.05) is 35.2 Å². The number of hydrogen-bond acceptors (Lipinski definition) is 4. The fraction of sp³-hybridized carbons (Fsp3) is 0.611. The van der Waals surface area contributed by atoms with Gasteiger partial charge in [-0.3, -0.25) is 4.79 Å². The maximum atomic E-state index is 13.0. The Kier molecular flexibility index (Phi) is 3.94. The molecule has 1 amide bonds. The third-order valence-electron chi connectivity index (χ3n) is 6.18. The number of amides is 1. The zero-order valence-electron chi connectivity index (χ0n) is 14.3. The molecule has 1 aromatic rings. The zero-order valence-corrected chi connectivity index (χ0v) is 15.2. The van der Waals surface area contributed by atoms with Crippen LogP contribution in [0.5, 0.6) is 0 Å². The van der Waals surface area contributed by atoms with Crippen molar-refractivity contribution in [2.24, 2.45) is 5.92 Å². The number of likely N-dealkylation sites (tertiary alicyclic amines) is 1. The number of sulfonamides is 1. The van der Waals surface area contributed by atoms with Crippen molar-refractivity contribution >= 4 is 15.9 Å². The summed E-state index contributed by atoms with van der Waals surface area (Å²) in [5, 5.41) is 9.96. The lowest BCUT2D eigenvalue weighted by atomic mass is 9.60. The van der Waals surface area contributed by atoms with E-state index >= 15 is 0 Å². The molecule has 0 aromatic heterocycles. The summed E-state index contributed by atoms with van der Waals surface area (Å²) in [6.07, 6.45) is 4.07. The van der Waals surface area contributed by atoms with Crippen LogP contribution in [0.15, 0.2) is 30.3 Å². The van der Waals surface area contributed by atoms with Crippen molar-refractivity contribution in [3.05, 3.63) is 35.9 Å². The molecule has 1 aliphatic carbocycles. The van der Waals surface area contributed by atoms with Crippen molar-refractivity contribution in [1.82, 2.24) is 9.21 Å². The predicted octanol–water partition coefficient (Wildman–Crippen LogP) is 0.787. The summed E-state index contributed by atoms with van der Waals surface area (Å²) in [6, 6.07) is 9.56. The first-order valence-electron chi connectivity index (χ1n) is 8.82. The van der Waals surface area contributed by atoms with Gasteiger partial charge >= 0.3 is 0 Å².